The summed E-state index contributed by atoms with van der Waals surface area (Å²) in [6.07, 6.45) is 0. The van der Waals surface area contributed by atoms with E-state index in [1.165, 1.54) is 10.8 Å². The van der Waals surface area contributed by atoms with E-state index in [-0.39, 0.29) is 0 Å². The minimum Gasteiger partial charge on any atom is -0.309 e. The minimum absolute atomic E-state index is 0.610. The summed E-state index contributed by atoms with van der Waals surface area (Å²) < 4.78 is 4.47. The summed E-state index contributed by atoms with van der Waals surface area (Å²) in [5.41, 5.74) is 11.5. The third-order valence-corrected chi connectivity index (χ3v) is 9.37. The van der Waals surface area contributed by atoms with Gasteiger partial charge in [0.25, 0.3) is 0 Å². The molecule has 0 unspecified atom stereocenters. The molecule has 4 nitrogen and oxygen atoms in total. The second-order valence-electron chi connectivity index (χ2n) is 12.0. The van der Waals surface area contributed by atoms with Crippen LogP contribution in [0.3, 0.4) is 0 Å². The number of hydrogen-bond acceptors (Lipinski definition) is 2. The molecule has 222 valence electrons. The molecule has 9 rings (SSSR count). The minimum atomic E-state index is 0.610. The standard InChI is InChI=1S/C44H26N4/c45-27-29-24-33(26-34(25-29)47-41-17-6-2-12-36(41)37-13-3-7-18-42(37)47)30-20-22-31(23-21-30)35-11-1-5-16-40(35)48-43-19-8-4-14-38(43)39-15-9-10-32(28-46)44(39)48/h1-26H. The third kappa shape index (κ3) is 4.14. The van der Waals surface area contributed by atoms with E-state index >= 15 is 0 Å². The zero-order valence-corrected chi connectivity index (χ0v) is 25.8. The van der Waals surface area contributed by atoms with E-state index in [1.807, 2.05) is 42.5 Å². The molecule has 0 spiro atoms. The van der Waals surface area contributed by atoms with Crippen molar-refractivity contribution in [3.8, 4) is 45.8 Å². The highest BCUT2D eigenvalue weighted by atomic mass is 15.0. The Morgan fingerprint density at radius 3 is 1.65 bits per heavy atom. The van der Waals surface area contributed by atoms with Gasteiger partial charge in [-0.25, -0.2) is 0 Å². The lowest BCUT2D eigenvalue weighted by Crippen LogP contribution is -1.98. The quantitative estimate of drug-likeness (QED) is 0.199. The van der Waals surface area contributed by atoms with Crippen molar-refractivity contribution in [3.05, 3.63) is 169 Å². The molecule has 0 aliphatic heterocycles. The molecule has 0 aliphatic rings. The van der Waals surface area contributed by atoms with Gasteiger partial charge >= 0.3 is 0 Å². The first-order chi connectivity index (χ1) is 23.7. The van der Waals surface area contributed by atoms with Crippen molar-refractivity contribution in [1.29, 1.82) is 10.5 Å². The molecule has 0 aliphatic carbocycles. The molecule has 0 N–H and O–H groups in total. The lowest BCUT2D eigenvalue weighted by molar-refractivity contribution is 1.18. The van der Waals surface area contributed by atoms with Gasteiger partial charge in [0, 0.05) is 32.8 Å². The van der Waals surface area contributed by atoms with Gasteiger partial charge < -0.3 is 9.13 Å². The normalized spacial score (nSPS) is 11.3. The number of nitriles is 2. The van der Waals surface area contributed by atoms with Crippen LogP contribution in [0.4, 0.5) is 0 Å². The Balaban J connectivity index is 1.19. The van der Waals surface area contributed by atoms with Crippen LogP contribution in [0.25, 0.3) is 77.2 Å². The van der Waals surface area contributed by atoms with Gasteiger partial charge in [0.15, 0.2) is 0 Å². The van der Waals surface area contributed by atoms with Crippen molar-refractivity contribution in [1.82, 2.24) is 9.13 Å². The Hall–Kier alpha value is -6.88. The third-order valence-electron chi connectivity index (χ3n) is 9.37. The van der Waals surface area contributed by atoms with Crippen molar-refractivity contribution >= 4 is 43.6 Å². The van der Waals surface area contributed by atoms with Crippen molar-refractivity contribution in [2.75, 3.05) is 0 Å². The fourth-order valence-electron chi connectivity index (χ4n) is 7.29. The number of rotatable bonds is 4. The summed E-state index contributed by atoms with van der Waals surface area (Å²) in [5.74, 6) is 0. The Morgan fingerprint density at radius 2 is 0.979 bits per heavy atom. The summed E-state index contributed by atoms with van der Waals surface area (Å²) in [6, 6.07) is 58.9. The maximum atomic E-state index is 10.1. The van der Waals surface area contributed by atoms with Gasteiger partial charge in [-0.15, -0.1) is 0 Å². The second-order valence-corrected chi connectivity index (χ2v) is 12.0. The van der Waals surface area contributed by atoms with Crippen molar-refractivity contribution in [2.45, 2.75) is 0 Å². The molecule has 9 aromatic rings. The van der Waals surface area contributed by atoms with Crippen molar-refractivity contribution in [2.24, 2.45) is 0 Å². The molecule has 0 saturated carbocycles. The molecule has 0 bridgehead atoms. The number of nitrogens with zero attached hydrogens (tertiary/aromatic N) is 4. The molecule has 0 amide bonds. The van der Waals surface area contributed by atoms with Crippen molar-refractivity contribution < 1.29 is 0 Å². The summed E-state index contributed by atoms with van der Waals surface area (Å²) in [5, 5.41) is 24.7. The Kier molecular flexibility index (Phi) is 6.22. The average molecular weight is 611 g/mol. The predicted octanol–water partition coefficient (Wildman–Crippen LogP) is 11.0. The maximum absolute atomic E-state index is 10.1. The zero-order valence-electron chi connectivity index (χ0n) is 25.8. The van der Waals surface area contributed by atoms with Crippen LogP contribution < -0.4 is 0 Å². The molecule has 0 fully saturated rings. The lowest BCUT2D eigenvalue weighted by atomic mass is 9.97. The first kappa shape index (κ1) is 27.4. The molecule has 7 aromatic carbocycles. The Labute approximate surface area is 277 Å². The fraction of sp³-hybridized carbons (Fsp3) is 0. The first-order valence-electron chi connectivity index (χ1n) is 15.9. The SMILES string of the molecule is N#Cc1cc(-c2ccc(-c3ccccc3-n3c4ccccc4c4cccc(C#N)c43)cc2)cc(-n2c3ccccc3c3ccccc32)c1. The topological polar surface area (TPSA) is 57.4 Å². The van der Waals surface area contributed by atoms with Gasteiger partial charge in [-0.1, -0.05) is 109 Å². The van der Waals surface area contributed by atoms with Gasteiger partial charge in [-0.2, -0.15) is 10.5 Å². The molecule has 2 heterocycles. The summed E-state index contributed by atoms with van der Waals surface area (Å²) in [4.78, 5) is 0. The molecule has 0 atom stereocenters. The van der Waals surface area contributed by atoms with Crippen LogP contribution in [0.15, 0.2) is 158 Å². The van der Waals surface area contributed by atoms with Gasteiger partial charge in [0.2, 0.25) is 0 Å². The van der Waals surface area contributed by atoms with E-state index in [0.29, 0.717) is 11.1 Å². The molecular formula is C44H26N4. The maximum Gasteiger partial charge on any atom is 0.101 e. The fourth-order valence-corrected chi connectivity index (χ4v) is 7.29. The van der Waals surface area contributed by atoms with E-state index in [1.54, 1.807) is 0 Å². The summed E-state index contributed by atoms with van der Waals surface area (Å²) in [6.45, 7) is 0. The zero-order chi connectivity index (χ0) is 32.2. The van der Waals surface area contributed by atoms with Crippen LogP contribution in [-0.4, -0.2) is 9.13 Å². The van der Waals surface area contributed by atoms with Crippen LogP contribution >= 0.6 is 0 Å². The highest BCUT2D eigenvalue weighted by molar-refractivity contribution is 6.11. The van der Waals surface area contributed by atoms with E-state index in [4.69, 9.17) is 0 Å². The van der Waals surface area contributed by atoms with Crippen LogP contribution in [0.5, 0.6) is 0 Å². The van der Waals surface area contributed by atoms with E-state index in [0.717, 1.165) is 66.5 Å². The number of aromatic nitrogens is 2. The highest BCUT2D eigenvalue weighted by Gasteiger charge is 2.18. The monoisotopic (exact) mass is 610 g/mol. The predicted molar refractivity (Wildman–Crippen MR) is 195 cm³/mol. The Bertz CT molecular complexity index is 2750. The highest BCUT2D eigenvalue weighted by Crippen LogP contribution is 2.38. The Morgan fingerprint density at radius 1 is 0.417 bits per heavy atom. The summed E-state index contributed by atoms with van der Waals surface area (Å²) >= 11 is 0. The molecule has 0 radical (unpaired) electrons. The number of benzene rings is 7. The van der Waals surface area contributed by atoms with E-state index in [9.17, 15) is 10.5 Å². The largest absolute Gasteiger partial charge is 0.309 e. The van der Waals surface area contributed by atoms with Crippen LogP contribution in [0.2, 0.25) is 0 Å². The number of hydrogen-bond donors (Lipinski definition) is 0. The molecule has 48 heavy (non-hydrogen) atoms. The number of fused-ring (bicyclic) bond motifs is 6. The van der Waals surface area contributed by atoms with Crippen molar-refractivity contribution in [3.63, 3.8) is 0 Å². The molecular weight excluding hydrogens is 585 g/mol. The van der Waals surface area contributed by atoms with Crippen LogP contribution in [0, 0.1) is 22.7 Å². The van der Waals surface area contributed by atoms with Crippen LogP contribution in [-0.2, 0) is 0 Å². The lowest BCUT2D eigenvalue weighted by Gasteiger charge is -2.15. The van der Waals surface area contributed by atoms with Gasteiger partial charge in [-0.05, 0) is 65.2 Å². The summed E-state index contributed by atoms with van der Waals surface area (Å²) in [7, 11) is 0. The number of para-hydroxylation sites is 5. The first-order valence-corrected chi connectivity index (χ1v) is 15.9. The van der Waals surface area contributed by atoms with Crippen LogP contribution in [0.1, 0.15) is 11.1 Å². The molecule has 0 saturated heterocycles. The van der Waals surface area contributed by atoms with Gasteiger partial charge in [0.05, 0.1) is 45.0 Å². The van der Waals surface area contributed by atoms with Gasteiger partial charge in [0.1, 0.15) is 6.07 Å². The van der Waals surface area contributed by atoms with Gasteiger partial charge in [-0.3, -0.25) is 0 Å². The average Bonchev–Trinajstić information content (AvgIpc) is 3.68. The van der Waals surface area contributed by atoms with E-state index < -0.39 is 0 Å². The van der Waals surface area contributed by atoms with E-state index in [2.05, 4.69) is 137 Å². The smallest absolute Gasteiger partial charge is 0.101 e. The second kappa shape index (κ2) is 10.9. The molecule has 4 heteroatoms. The molecule has 2 aromatic heterocycles.